The number of imide groups is 1. The van der Waals surface area contributed by atoms with Gasteiger partial charge in [-0.15, -0.1) is 0 Å². The molecule has 4 aromatic carbocycles. The predicted octanol–water partition coefficient (Wildman–Crippen LogP) is 6.88. The van der Waals surface area contributed by atoms with Crippen molar-refractivity contribution in [3.8, 4) is 17.2 Å². The number of hydrogen-bond donors (Lipinski definition) is 2. The molecule has 59 heavy (non-hydrogen) atoms. The zero-order chi connectivity index (χ0) is 39.9. The lowest BCUT2D eigenvalue weighted by Gasteiger charge is -2.54. The van der Waals surface area contributed by atoms with Crippen molar-refractivity contribution in [2.45, 2.75) is 81.2 Å². The molecular formula is C49H52N4O6. The van der Waals surface area contributed by atoms with Gasteiger partial charge in [0.15, 0.2) is 0 Å². The van der Waals surface area contributed by atoms with Crippen LogP contribution in [-0.2, 0) is 21.5 Å². The maximum atomic E-state index is 13.4. The molecule has 6 heterocycles. The minimum absolute atomic E-state index is 0.0271. The Balaban J connectivity index is 0.685. The van der Waals surface area contributed by atoms with Gasteiger partial charge in [-0.3, -0.25) is 19.7 Å². The zero-order valence-corrected chi connectivity index (χ0v) is 33.5. The normalized spacial score (nSPS) is 25.8. The van der Waals surface area contributed by atoms with Crippen molar-refractivity contribution in [3.05, 3.63) is 118 Å². The quantitative estimate of drug-likeness (QED) is 0.204. The summed E-state index contributed by atoms with van der Waals surface area (Å²) in [5, 5.41) is 12.6. The second-order valence-corrected chi connectivity index (χ2v) is 18.6. The number of rotatable bonds is 6. The molecule has 4 aromatic rings. The van der Waals surface area contributed by atoms with E-state index in [1.165, 1.54) is 54.6 Å². The molecule has 3 amide bonds. The number of carbonyl (C=O) groups is 3. The Morgan fingerprint density at radius 1 is 0.814 bits per heavy atom. The molecular weight excluding hydrogens is 741 g/mol. The number of nitrogens with zero attached hydrogens (tertiary/aromatic N) is 3. The number of nitrogens with one attached hydrogen (secondary N) is 1. The van der Waals surface area contributed by atoms with Crippen LogP contribution < -0.4 is 19.7 Å². The van der Waals surface area contributed by atoms with E-state index in [0.29, 0.717) is 37.2 Å². The standard InChI is InChI=1S/C49H52N4O6/c54-35-10-11-37-42(24-35)58-29-39(32-4-2-1-3-5-32)44(37)33-6-8-34(9-7-33)52-22-16-48(17-23-52)25-31(26-48)27-51-20-18-49(19-21-51)30-59-45-38-28-53(41-14-15-43(55)50-46(41)56)47(57)36(38)12-13-40(45)49/h1-13,24,31,39,41,44,54H,14-23,25-30H2,(H,50,55,56)/t39-,41?,44-/m1/s1. The number of fused-ring (bicyclic) bond motifs is 5. The first kappa shape index (κ1) is 36.7. The molecule has 2 N–H and O–H groups in total. The van der Waals surface area contributed by atoms with Crippen molar-refractivity contribution in [1.29, 1.82) is 0 Å². The first-order chi connectivity index (χ1) is 28.7. The number of anilines is 1. The Kier molecular flexibility index (Phi) is 8.80. The summed E-state index contributed by atoms with van der Waals surface area (Å²) in [6.45, 7) is 7.07. The van der Waals surface area contributed by atoms with Crippen LogP contribution in [0.15, 0.2) is 84.9 Å². The number of ether oxygens (including phenoxy) is 2. The van der Waals surface area contributed by atoms with Crippen molar-refractivity contribution in [2.75, 3.05) is 50.8 Å². The molecule has 6 aliphatic heterocycles. The number of hydrogen-bond acceptors (Lipinski definition) is 8. The molecule has 0 aromatic heterocycles. The number of amides is 3. The highest BCUT2D eigenvalue weighted by Crippen LogP contribution is 2.55. The number of benzene rings is 4. The average molecular weight is 793 g/mol. The number of aromatic hydroxyl groups is 1. The van der Waals surface area contributed by atoms with Crippen LogP contribution in [0.4, 0.5) is 5.69 Å². The van der Waals surface area contributed by atoms with Crippen molar-refractivity contribution in [2.24, 2.45) is 11.3 Å². The van der Waals surface area contributed by atoms with Crippen LogP contribution in [0.1, 0.15) is 101 Å². The zero-order valence-electron chi connectivity index (χ0n) is 33.5. The van der Waals surface area contributed by atoms with Gasteiger partial charge in [-0.05, 0) is 105 Å². The third-order valence-corrected chi connectivity index (χ3v) is 15.3. The maximum absolute atomic E-state index is 13.4. The van der Waals surface area contributed by atoms with Gasteiger partial charge < -0.3 is 29.3 Å². The fraction of sp³-hybridized carbons (Fsp3) is 0.449. The third kappa shape index (κ3) is 6.28. The lowest BCUT2D eigenvalue weighted by atomic mass is 9.57. The monoisotopic (exact) mass is 792 g/mol. The molecule has 10 heteroatoms. The van der Waals surface area contributed by atoms with Gasteiger partial charge in [0.25, 0.3) is 5.91 Å². The summed E-state index contributed by atoms with van der Waals surface area (Å²) in [6.07, 6.45) is 7.88. The first-order valence-electron chi connectivity index (χ1n) is 21.8. The van der Waals surface area contributed by atoms with Crippen molar-refractivity contribution in [1.82, 2.24) is 15.1 Å². The largest absolute Gasteiger partial charge is 0.508 e. The SMILES string of the molecule is O=C1CCC(N2Cc3c(ccc4c3OCC43CCN(CC4CC5(CCN(c6ccc([C@@H]7c8ccc(O)cc8OC[C@@H]7c7ccccc7)cc6)CC5)C4)CC3)C2=O)C(=O)N1. The number of phenolic OH excluding ortho intramolecular Hbond substituents is 1. The molecule has 0 bridgehead atoms. The van der Waals surface area contributed by atoms with E-state index in [1.807, 2.05) is 12.1 Å². The second-order valence-electron chi connectivity index (χ2n) is 18.6. The average Bonchev–Trinajstić information content (AvgIpc) is 3.78. The molecule has 1 unspecified atom stereocenters. The summed E-state index contributed by atoms with van der Waals surface area (Å²) in [5.74, 6) is 2.16. The summed E-state index contributed by atoms with van der Waals surface area (Å²) in [4.78, 5) is 44.6. The lowest BCUT2D eigenvalue weighted by molar-refractivity contribution is -0.136. The Bertz CT molecular complexity index is 2300. The van der Waals surface area contributed by atoms with Crippen molar-refractivity contribution < 1.29 is 29.0 Å². The van der Waals surface area contributed by atoms with E-state index in [0.717, 1.165) is 67.6 Å². The number of carbonyl (C=O) groups excluding carboxylic acids is 3. The molecule has 304 valence electrons. The fourth-order valence-electron chi connectivity index (χ4n) is 12.1. The summed E-state index contributed by atoms with van der Waals surface area (Å²) < 4.78 is 12.6. The Hall–Kier alpha value is -5.35. The third-order valence-electron chi connectivity index (χ3n) is 15.3. The summed E-state index contributed by atoms with van der Waals surface area (Å²) in [5.41, 5.74) is 8.18. The van der Waals surface area contributed by atoms with Gasteiger partial charge in [-0.25, -0.2) is 0 Å². The minimum atomic E-state index is -0.618. The maximum Gasteiger partial charge on any atom is 0.255 e. The minimum Gasteiger partial charge on any atom is -0.508 e. The van der Waals surface area contributed by atoms with Crippen LogP contribution in [-0.4, -0.2) is 84.6 Å². The summed E-state index contributed by atoms with van der Waals surface area (Å²) >= 11 is 0. The van der Waals surface area contributed by atoms with E-state index in [-0.39, 0.29) is 47.1 Å². The smallest absolute Gasteiger partial charge is 0.255 e. The van der Waals surface area contributed by atoms with E-state index in [1.54, 1.807) is 17.0 Å². The number of likely N-dealkylation sites (tertiary alicyclic amines) is 1. The van der Waals surface area contributed by atoms with Crippen molar-refractivity contribution >= 4 is 23.4 Å². The molecule has 4 fully saturated rings. The van der Waals surface area contributed by atoms with Gasteiger partial charge in [0.1, 0.15) is 23.3 Å². The molecule has 2 spiro atoms. The molecule has 1 aliphatic carbocycles. The molecule has 1 saturated carbocycles. The molecule has 11 rings (SSSR count). The van der Waals surface area contributed by atoms with Crippen LogP contribution in [0.5, 0.6) is 17.2 Å². The summed E-state index contributed by atoms with van der Waals surface area (Å²) in [6, 6.07) is 28.9. The Morgan fingerprint density at radius 3 is 2.36 bits per heavy atom. The Labute approximate surface area is 345 Å². The van der Waals surface area contributed by atoms with E-state index >= 15 is 0 Å². The predicted molar refractivity (Wildman–Crippen MR) is 223 cm³/mol. The molecule has 0 radical (unpaired) electrons. The molecule has 7 aliphatic rings. The van der Waals surface area contributed by atoms with Gasteiger partial charge in [0.2, 0.25) is 11.8 Å². The van der Waals surface area contributed by atoms with Crippen LogP contribution in [0, 0.1) is 11.3 Å². The Morgan fingerprint density at radius 2 is 1.59 bits per heavy atom. The van der Waals surface area contributed by atoms with Gasteiger partial charge in [-0.2, -0.15) is 0 Å². The van der Waals surface area contributed by atoms with Gasteiger partial charge in [-0.1, -0.05) is 54.6 Å². The van der Waals surface area contributed by atoms with Crippen LogP contribution in [0.2, 0.25) is 0 Å². The number of phenols is 1. The van der Waals surface area contributed by atoms with Gasteiger partial charge in [0, 0.05) is 77.3 Å². The van der Waals surface area contributed by atoms with E-state index in [4.69, 9.17) is 9.47 Å². The topological polar surface area (TPSA) is 112 Å². The van der Waals surface area contributed by atoms with Crippen LogP contribution >= 0.6 is 0 Å². The summed E-state index contributed by atoms with van der Waals surface area (Å²) in [7, 11) is 0. The second kappa shape index (κ2) is 14.1. The van der Waals surface area contributed by atoms with Crippen LogP contribution in [0.25, 0.3) is 0 Å². The highest BCUT2D eigenvalue weighted by Gasteiger charge is 2.50. The van der Waals surface area contributed by atoms with E-state index in [9.17, 15) is 19.5 Å². The highest BCUT2D eigenvalue weighted by molar-refractivity contribution is 6.05. The molecule has 3 saturated heterocycles. The molecule has 3 atom stereocenters. The first-order valence-corrected chi connectivity index (χ1v) is 21.8. The van der Waals surface area contributed by atoms with Crippen LogP contribution in [0.3, 0.4) is 0 Å². The van der Waals surface area contributed by atoms with E-state index in [2.05, 4.69) is 75.8 Å². The van der Waals surface area contributed by atoms with E-state index < -0.39 is 6.04 Å². The lowest BCUT2D eigenvalue weighted by Crippen LogP contribution is -2.52. The van der Waals surface area contributed by atoms with Crippen molar-refractivity contribution in [3.63, 3.8) is 0 Å². The molecule has 10 nitrogen and oxygen atoms in total. The van der Waals surface area contributed by atoms with Gasteiger partial charge in [0.05, 0.1) is 19.8 Å². The highest BCUT2D eigenvalue weighted by atomic mass is 16.5. The number of piperidine rings is 3. The fourth-order valence-corrected chi connectivity index (χ4v) is 12.1. The van der Waals surface area contributed by atoms with Gasteiger partial charge >= 0.3 is 0 Å².